The molecule has 2 N–H and O–H groups in total. The Morgan fingerprint density at radius 3 is 2.54 bits per heavy atom. The Balaban J connectivity index is 1.67. The number of methoxy groups -OCH3 is 2. The van der Waals surface area contributed by atoms with E-state index in [1.54, 1.807) is 34.5 Å². The Hall–Kier alpha value is -4.18. The third kappa shape index (κ3) is 5.12. The lowest BCUT2D eigenvalue weighted by molar-refractivity contribution is -0.139. The highest BCUT2D eigenvalue weighted by molar-refractivity contribution is 5.93. The summed E-state index contributed by atoms with van der Waals surface area (Å²) < 4.78 is 11.3. The Bertz CT molecular complexity index is 1420. The number of carbonyl (C=O) groups excluding carboxylic acids is 2. The predicted molar refractivity (Wildman–Crippen MR) is 152 cm³/mol. The number of carbonyl (C=O) groups is 2. The Morgan fingerprint density at radius 2 is 1.92 bits per heavy atom. The molecule has 0 bridgehead atoms. The average Bonchev–Trinajstić information content (AvgIpc) is 3.40. The second-order valence-electron chi connectivity index (χ2n) is 9.80. The summed E-state index contributed by atoms with van der Waals surface area (Å²) in [5.41, 5.74) is 4.93. The number of ether oxygens (including phenoxy) is 2. The first-order valence-electron chi connectivity index (χ1n) is 12.8. The molecule has 2 amide bonds. The topological polar surface area (TPSA) is 114 Å². The number of likely N-dealkylation sites (tertiary alicyclic amines) is 1. The normalized spacial score (nSPS) is 16.7. The van der Waals surface area contributed by atoms with Crippen LogP contribution in [0.25, 0.3) is 22.0 Å². The number of aromatic nitrogens is 2. The van der Waals surface area contributed by atoms with Gasteiger partial charge < -0.3 is 19.3 Å². The molecule has 206 valence electrons. The second-order valence-corrected chi connectivity index (χ2v) is 9.80. The third-order valence-electron chi connectivity index (χ3n) is 7.34. The van der Waals surface area contributed by atoms with Crippen LogP contribution in [0.3, 0.4) is 0 Å². The molecule has 2 unspecified atom stereocenters. The number of fused-ring (bicyclic) bond motifs is 1. The lowest BCUT2D eigenvalue weighted by atomic mass is 9.91. The summed E-state index contributed by atoms with van der Waals surface area (Å²) in [4.78, 5) is 37.4. The van der Waals surface area contributed by atoms with Gasteiger partial charge in [0.15, 0.2) is 0 Å². The van der Waals surface area contributed by atoms with Crippen LogP contribution in [0.4, 0.5) is 5.95 Å². The van der Waals surface area contributed by atoms with Gasteiger partial charge in [-0.05, 0) is 48.2 Å². The van der Waals surface area contributed by atoms with E-state index in [0.717, 1.165) is 51.1 Å². The van der Waals surface area contributed by atoms with E-state index in [9.17, 15) is 9.59 Å². The molecule has 2 heterocycles. The van der Waals surface area contributed by atoms with E-state index < -0.39 is 6.04 Å². The van der Waals surface area contributed by atoms with Crippen LogP contribution in [-0.4, -0.2) is 78.5 Å². The highest BCUT2D eigenvalue weighted by atomic mass is 16.5. The summed E-state index contributed by atoms with van der Waals surface area (Å²) >= 11 is 0. The minimum Gasteiger partial charge on any atom is -0.496 e. The van der Waals surface area contributed by atoms with E-state index in [2.05, 4.69) is 18.5 Å². The molecule has 2 aromatic carbocycles. The number of hydrazine groups is 1. The third-order valence-corrected chi connectivity index (χ3v) is 7.34. The zero-order valence-corrected chi connectivity index (χ0v) is 23.4. The SMILES string of the molecule is C=CC(=O)N1CC(N(N)c2ncc3cc(-c4c(C)c(OC)cc(OC)c4CC)ccc3n2)CC1C(=O)N(C)C. The standard InChI is InChI=1S/C29H36N6O4/c1-8-21-25(39-7)14-24(38-6)17(3)27(21)18-10-11-22-19(12-18)15-31-29(32-22)35(30)20-13-23(28(37)33(4)5)34(16-20)26(36)9-2/h9-12,14-15,20,23H,2,8,13,16,30H2,1,3-7H3. The summed E-state index contributed by atoms with van der Waals surface area (Å²) in [7, 11) is 6.65. The van der Waals surface area contributed by atoms with Crippen molar-refractivity contribution >= 4 is 28.7 Å². The highest BCUT2D eigenvalue weighted by Gasteiger charge is 2.42. The van der Waals surface area contributed by atoms with Gasteiger partial charge in [-0.15, -0.1) is 0 Å². The summed E-state index contributed by atoms with van der Waals surface area (Å²) in [6.45, 7) is 7.98. The van der Waals surface area contributed by atoms with Crippen molar-refractivity contribution in [1.82, 2.24) is 19.8 Å². The number of rotatable bonds is 8. The van der Waals surface area contributed by atoms with Gasteiger partial charge in [0.2, 0.25) is 17.8 Å². The number of nitrogens with zero attached hydrogens (tertiary/aromatic N) is 5. The molecule has 39 heavy (non-hydrogen) atoms. The zero-order valence-electron chi connectivity index (χ0n) is 23.4. The molecule has 0 spiro atoms. The first kappa shape index (κ1) is 27.8. The van der Waals surface area contributed by atoms with E-state index in [-0.39, 0.29) is 24.4 Å². The number of hydrogen-bond acceptors (Lipinski definition) is 8. The van der Waals surface area contributed by atoms with E-state index in [1.165, 1.54) is 20.9 Å². The highest BCUT2D eigenvalue weighted by Crippen LogP contribution is 2.40. The Labute approximate surface area is 229 Å². The predicted octanol–water partition coefficient (Wildman–Crippen LogP) is 3.11. The molecule has 0 saturated carbocycles. The van der Waals surface area contributed by atoms with E-state index >= 15 is 0 Å². The summed E-state index contributed by atoms with van der Waals surface area (Å²) in [6.07, 6.45) is 4.11. The lowest BCUT2D eigenvalue weighted by Crippen LogP contribution is -2.45. The van der Waals surface area contributed by atoms with Gasteiger partial charge in [-0.2, -0.15) is 0 Å². The van der Waals surface area contributed by atoms with Gasteiger partial charge in [0.25, 0.3) is 0 Å². The number of amides is 2. The maximum absolute atomic E-state index is 12.7. The molecule has 0 aliphatic carbocycles. The number of benzene rings is 2. The van der Waals surface area contributed by atoms with Crippen LogP contribution in [0.2, 0.25) is 0 Å². The first-order chi connectivity index (χ1) is 18.6. The van der Waals surface area contributed by atoms with Crippen LogP contribution in [0, 0.1) is 6.92 Å². The number of likely N-dealkylation sites (N-methyl/N-ethyl adjacent to an activating group) is 1. The lowest BCUT2D eigenvalue weighted by Gasteiger charge is -2.25. The van der Waals surface area contributed by atoms with Gasteiger partial charge in [-0.1, -0.05) is 19.6 Å². The fourth-order valence-corrected chi connectivity index (χ4v) is 5.30. The van der Waals surface area contributed by atoms with Crippen molar-refractivity contribution in [2.75, 3.05) is 39.9 Å². The molecule has 1 saturated heterocycles. The van der Waals surface area contributed by atoms with Crippen molar-refractivity contribution in [2.24, 2.45) is 5.84 Å². The fourth-order valence-electron chi connectivity index (χ4n) is 5.30. The largest absolute Gasteiger partial charge is 0.496 e. The van der Waals surface area contributed by atoms with Gasteiger partial charge in [-0.25, -0.2) is 15.8 Å². The number of anilines is 1. The maximum atomic E-state index is 12.7. The van der Waals surface area contributed by atoms with Gasteiger partial charge in [0.05, 0.1) is 25.8 Å². The van der Waals surface area contributed by atoms with Crippen molar-refractivity contribution in [3.8, 4) is 22.6 Å². The Morgan fingerprint density at radius 1 is 1.21 bits per heavy atom. The molecule has 1 aliphatic heterocycles. The molecule has 2 atom stereocenters. The maximum Gasteiger partial charge on any atom is 0.246 e. The van der Waals surface area contributed by atoms with Gasteiger partial charge in [-0.3, -0.25) is 14.6 Å². The molecular weight excluding hydrogens is 496 g/mol. The van der Waals surface area contributed by atoms with Gasteiger partial charge in [0, 0.05) is 50.3 Å². The first-order valence-corrected chi connectivity index (χ1v) is 12.8. The number of nitrogens with two attached hydrogens (primary N) is 1. The van der Waals surface area contributed by atoms with E-state index in [4.69, 9.17) is 20.3 Å². The molecular formula is C29H36N6O4. The molecule has 3 aromatic rings. The summed E-state index contributed by atoms with van der Waals surface area (Å²) in [5, 5.41) is 2.30. The van der Waals surface area contributed by atoms with E-state index in [0.29, 0.717) is 12.4 Å². The molecule has 1 aliphatic rings. The molecule has 1 aromatic heterocycles. The monoisotopic (exact) mass is 532 g/mol. The van der Waals surface area contributed by atoms with Gasteiger partial charge >= 0.3 is 0 Å². The smallest absolute Gasteiger partial charge is 0.246 e. The zero-order chi connectivity index (χ0) is 28.4. The quantitative estimate of drug-likeness (QED) is 0.267. The van der Waals surface area contributed by atoms with Gasteiger partial charge in [0.1, 0.15) is 17.5 Å². The fraction of sp³-hybridized carbons (Fsp3) is 0.379. The van der Waals surface area contributed by atoms with Crippen molar-refractivity contribution < 1.29 is 19.1 Å². The van der Waals surface area contributed by atoms with Crippen LogP contribution in [0.1, 0.15) is 24.5 Å². The molecule has 0 radical (unpaired) electrons. The van der Waals surface area contributed by atoms with Crippen molar-refractivity contribution in [2.45, 2.75) is 38.8 Å². The minimum absolute atomic E-state index is 0.163. The molecule has 4 rings (SSSR count). The Kier molecular flexibility index (Phi) is 8.06. The average molecular weight is 533 g/mol. The van der Waals surface area contributed by atoms with Crippen molar-refractivity contribution in [1.29, 1.82) is 0 Å². The number of hydrogen-bond donors (Lipinski definition) is 1. The van der Waals surface area contributed by atoms with Crippen LogP contribution in [0.5, 0.6) is 11.5 Å². The van der Waals surface area contributed by atoms with Crippen LogP contribution in [0.15, 0.2) is 43.1 Å². The minimum atomic E-state index is -0.625. The van der Waals surface area contributed by atoms with Crippen LogP contribution < -0.4 is 20.3 Å². The molecule has 10 nitrogen and oxygen atoms in total. The molecule has 10 heteroatoms. The van der Waals surface area contributed by atoms with Crippen LogP contribution in [-0.2, 0) is 16.0 Å². The summed E-state index contributed by atoms with van der Waals surface area (Å²) in [6, 6.07) is 6.97. The molecule has 1 fully saturated rings. The van der Waals surface area contributed by atoms with Crippen molar-refractivity contribution in [3.05, 3.63) is 54.2 Å². The van der Waals surface area contributed by atoms with E-state index in [1.807, 2.05) is 31.2 Å². The summed E-state index contributed by atoms with van der Waals surface area (Å²) in [5.74, 6) is 7.86. The van der Waals surface area contributed by atoms with Crippen molar-refractivity contribution in [3.63, 3.8) is 0 Å². The second kappa shape index (κ2) is 11.3. The van der Waals surface area contributed by atoms with Crippen LogP contribution >= 0.6 is 0 Å².